The minimum Gasteiger partial charge on any atom is -0.465 e. The third-order valence-electron chi connectivity index (χ3n) is 5.60. The van der Waals surface area contributed by atoms with E-state index in [1.807, 2.05) is 6.92 Å². The number of esters is 1. The quantitative estimate of drug-likeness (QED) is 0.693. The molecule has 3 rings (SSSR count). The van der Waals surface area contributed by atoms with Crippen LogP contribution in [0.25, 0.3) is 0 Å². The smallest absolute Gasteiger partial charge is 0.316 e. The maximum Gasteiger partial charge on any atom is 0.316 e. The Kier molecular flexibility index (Phi) is 6.10. The summed E-state index contributed by atoms with van der Waals surface area (Å²) in [6.45, 7) is 5.99. The van der Waals surface area contributed by atoms with Gasteiger partial charge in [0.25, 0.3) is 0 Å². The van der Waals surface area contributed by atoms with Crippen LogP contribution in [0.2, 0.25) is 0 Å². The molecule has 0 aliphatic carbocycles. The molecule has 0 atom stereocenters. The van der Waals surface area contributed by atoms with Gasteiger partial charge < -0.3 is 4.74 Å². The zero-order chi connectivity index (χ0) is 21.2. The van der Waals surface area contributed by atoms with Crippen LogP contribution < -0.4 is 0 Å². The van der Waals surface area contributed by atoms with E-state index in [2.05, 4.69) is 0 Å². The van der Waals surface area contributed by atoms with Gasteiger partial charge in [-0.2, -0.15) is 4.31 Å². The summed E-state index contributed by atoms with van der Waals surface area (Å²) in [5.41, 5.74) is 1.36. The van der Waals surface area contributed by atoms with Crippen molar-refractivity contribution in [2.75, 3.05) is 19.7 Å². The van der Waals surface area contributed by atoms with Gasteiger partial charge in [0, 0.05) is 13.1 Å². The van der Waals surface area contributed by atoms with Crippen LogP contribution in [0.1, 0.15) is 36.5 Å². The predicted molar refractivity (Wildman–Crippen MR) is 109 cm³/mol. The zero-order valence-electron chi connectivity index (χ0n) is 16.9. The Morgan fingerprint density at radius 1 is 1.10 bits per heavy atom. The number of nitrogens with zero attached hydrogens (tertiary/aromatic N) is 1. The molecule has 1 aliphatic heterocycles. The number of carbonyl (C=O) groups excluding carboxylic acids is 1. The summed E-state index contributed by atoms with van der Waals surface area (Å²) < 4.78 is 46.4. The molecule has 0 radical (unpaired) electrons. The number of hydrogen-bond donors (Lipinski definition) is 0. The van der Waals surface area contributed by atoms with Gasteiger partial charge in [0.2, 0.25) is 10.0 Å². The number of rotatable bonds is 5. The average molecular weight is 420 g/mol. The van der Waals surface area contributed by atoms with Crippen LogP contribution in [0.5, 0.6) is 0 Å². The first-order chi connectivity index (χ1) is 13.7. The molecule has 1 fully saturated rings. The van der Waals surface area contributed by atoms with Crippen molar-refractivity contribution in [3.05, 3.63) is 65.0 Å². The molecule has 0 N–H and O–H groups in total. The van der Waals surface area contributed by atoms with Crippen molar-refractivity contribution in [3.8, 4) is 0 Å². The van der Waals surface area contributed by atoms with Gasteiger partial charge in [-0.25, -0.2) is 12.8 Å². The molecule has 2 aromatic rings. The number of hydrogen-bond acceptors (Lipinski definition) is 4. The lowest BCUT2D eigenvalue weighted by atomic mass is 9.71. The largest absolute Gasteiger partial charge is 0.465 e. The summed E-state index contributed by atoms with van der Waals surface area (Å²) in [5, 5.41) is 0. The minimum atomic E-state index is -3.64. The van der Waals surface area contributed by atoms with Gasteiger partial charge in [-0.15, -0.1) is 0 Å². The van der Waals surface area contributed by atoms with Gasteiger partial charge in [-0.05, 0) is 69.0 Å². The van der Waals surface area contributed by atoms with Crippen molar-refractivity contribution in [2.24, 2.45) is 0 Å². The van der Waals surface area contributed by atoms with Gasteiger partial charge in [0.1, 0.15) is 5.82 Å². The first kappa shape index (κ1) is 21.5. The van der Waals surface area contributed by atoms with Crippen molar-refractivity contribution < 1.29 is 22.3 Å². The van der Waals surface area contributed by atoms with E-state index >= 15 is 0 Å². The lowest BCUT2D eigenvalue weighted by Crippen LogP contribution is -2.50. The summed E-state index contributed by atoms with van der Waals surface area (Å²) >= 11 is 0. The Bertz CT molecular complexity index is 994. The lowest BCUT2D eigenvalue weighted by molar-refractivity contribution is -0.152. The fourth-order valence-corrected chi connectivity index (χ4v) is 5.43. The highest BCUT2D eigenvalue weighted by molar-refractivity contribution is 7.89. The number of carbonyl (C=O) groups is 1. The molecular formula is C22H26FNO4S. The molecule has 1 aliphatic rings. The maximum atomic E-state index is 13.6. The first-order valence-electron chi connectivity index (χ1n) is 9.71. The Morgan fingerprint density at radius 2 is 1.72 bits per heavy atom. The molecular weight excluding hydrogens is 393 g/mol. The predicted octanol–water partition coefficient (Wildman–Crippen LogP) is 3.73. The number of benzene rings is 2. The molecule has 1 heterocycles. The normalized spacial score (nSPS) is 17.1. The molecule has 0 saturated carbocycles. The molecule has 156 valence electrons. The standard InChI is InChI=1S/C22H26FNO4S/c1-4-28-21(25)22(20-10-7-18(23)15-17(20)3)11-13-24(14-12-22)29(26,27)19-8-5-16(2)6-9-19/h5-10,15H,4,11-14H2,1-3H3. The van der Waals surface area contributed by atoms with E-state index < -0.39 is 15.4 Å². The number of sulfonamides is 1. The second kappa shape index (κ2) is 8.24. The Labute approximate surface area is 171 Å². The Balaban J connectivity index is 1.92. The number of aryl methyl sites for hydroxylation is 2. The van der Waals surface area contributed by atoms with E-state index in [4.69, 9.17) is 4.74 Å². The number of halogens is 1. The second-order valence-electron chi connectivity index (χ2n) is 7.48. The van der Waals surface area contributed by atoms with E-state index in [0.717, 1.165) is 5.56 Å². The van der Waals surface area contributed by atoms with E-state index in [-0.39, 0.29) is 49.2 Å². The third kappa shape index (κ3) is 4.07. The molecule has 0 aromatic heterocycles. The maximum absolute atomic E-state index is 13.6. The van der Waals surface area contributed by atoms with Crippen molar-refractivity contribution in [1.29, 1.82) is 0 Å². The molecule has 0 amide bonds. The first-order valence-corrected chi connectivity index (χ1v) is 11.2. The average Bonchev–Trinajstić information content (AvgIpc) is 2.68. The highest BCUT2D eigenvalue weighted by Crippen LogP contribution is 2.40. The van der Waals surface area contributed by atoms with Gasteiger partial charge in [0.15, 0.2) is 0 Å². The highest BCUT2D eigenvalue weighted by Gasteiger charge is 2.47. The van der Waals surface area contributed by atoms with Crippen molar-refractivity contribution in [2.45, 2.75) is 43.9 Å². The van der Waals surface area contributed by atoms with Crippen LogP contribution in [0.3, 0.4) is 0 Å². The molecule has 2 aromatic carbocycles. The van der Waals surface area contributed by atoms with Crippen LogP contribution in [0, 0.1) is 19.7 Å². The van der Waals surface area contributed by atoms with Crippen LogP contribution in [0.4, 0.5) is 4.39 Å². The summed E-state index contributed by atoms with van der Waals surface area (Å²) in [5.74, 6) is -0.758. The van der Waals surface area contributed by atoms with Gasteiger partial charge in [0.05, 0.1) is 16.9 Å². The van der Waals surface area contributed by atoms with E-state index in [1.165, 1.54) is 16.4 Å². The van der Waals surface area contributed by atoms with E-state index in [9.17, 15) is 17.6 Å². The Morgan fingerprint density at radius 3 is 2.28 bits per heavy atom. The van der Waals surface area contributed by atoms with Gasteiger partial charge in [-0.1, -0.05) is 23.8 Å². The molecule has 5 nitrogen and oxygen atoms in total. The zero-order valence-corrected chi connectivity index (χ0v) is 17.8. The van der Waals surface area contributed by atoms with Crippen molar-refractivity contribution >= 4 is 16.0 Å². The summed E-state index contributed by atoms with van der Waals surface area (Å²) in [7, 11) is -3.64. The second-order valence-corrected chi connectivity index (χ2v) is 9.42. The molecule has 0 bridgehead atoms. The number of piperidine rings is 1. The number of ether oxygens (including phenoxy) is 1. The third-order valence-corrected chi connectivity index (χ3v) is 7.52. The van der Waals surface area contributed by atoms with Crippen LogP contribution in [-0.2, 0) is 25.0 Å². The minimum absolute atomic E-state index is 0.186. The summed E-state index contributed by atoms with van der Waals surface area (Å²) in [6, 6.07) is 11.1. The van der Waals surface area contributed by atoms with Gasteiger partial charge in [-0.3, -0.25) is 4.79 Å². The van der Waals surface area contributed by atoms with Crippen molar-refractivity contribution in [1.82, 2.24) is 4.31 Å². The van der Waals surface area contributed by atoms with Crippen LogP contribution in [0.15, 0.2) is 47.4 Å². The van der Waals surface area contributed by atoms with Gasteiger partial charge >= 0.3 is 5.97 Å². The van der Waals surface area contributed by atoms with Crippen LogP contribution in [-0.4, -0.2) is 38.4 Å². The van der Waals surface area contributed by atoms with E-state index in [1.54, 1.807) is 44.2 Å². The van der Waals surface area contributed by atoms with E-state index in [0.29, 0.717) is 11.1 Å². The molecule has 7 heteroatoms. The summed E-state index contributed by atoms with van der Waals surface area (Å²) in [4.78, 5) is 13.2. The lowest BCUT2D eigenvalue weighted by Gasteiger charge is -2.40. The molecule has 29 heavy (non-hydrogen) atoms. The Hall–Kier alpha value is -2.25. The topological polar surface area (TPSA) is 63.7 Å². The highest BCUT2D eigenvalue weighted by atomic mass is 32.2. The monoisotopic (exact) mass is 419 g/mol. The van der Waals surface area contributed by atoms with Crippen molar-refractivity contribution in [3.63, 3.8) is 0 Å². The molecule has 1 saturated heterocycles. The fourth-order valence-electron chi connectivity index (χ4n) is 3.98. The molecule has 0 spiro atoms. The summed E-state index contributed by atoms with van der Waals surface area (Å²) in [6.07, 6.45) is 0.562. The fraction of sp³-hybridized carbons (Fsp3) is 0.409. The molecule has 0 unspecified atom stereocenters. The van der Waals surface area contributed by atoms with Crippen LogP contribution >= 0.6 is 0 Å². The SMILES string of the molecule is CCOC(=O)C1(c2ccc(F)cc2C)CCN(S(=O)(=O)c2ccc(C)cc2)CC1.